The molecule has 3 nitrogen and oxygen atoms in total. The topological polar surface area (TPSA) is 45.8 Å². The van der Waals surface area contributed by atoms with Crippen molar-refractivity contribution in [1.82, 2.24) is 9.97 Å². The van der Waals surface area contributed by atoms with Gasteiger partial charge in [-0.3, -0.25) is 4.79 Å². The number of fused-ring (bicyclic) bond motifs is 1. The second-order valence-electron chi connectivity index (χ2n) is 3.96. The molecule has 92 valence electrons. The Morgan fingerprint density at radius 1 is 1.39 bits per heavy atom. The Morgan fingerprint density at radius 3 is 3.06 bits per heavy atom. The van der Waals surface area contributed by atoms with Gasteiger partial charge in [0.25, 0.3) is 5.56 Å². The van der Waals surface area contributed by atoms with Crippen molar-refractivity contribution >= 4 is 39.3 Å². The van der Waals surface area contributed by atoms with Gasteiger partial charge in [-0.15, -0.1) is 0 Å². The molecule has 2 aromatic rings. The molecule has 0 amide bonds. The highest BCUT2D eigenvalue weighted by Gasteiger charge is 2.18. The van der Waals surface area contributed by atoms with Crippen molar-refractivity contribution in [1.29, 1.82) is 0 Å². The second-order valence-corrected chi connectivity index (χ2v) is 6.27. The summed E-state index contributed by atoms with van der Waals surface area (Å²) in [5, 5.41) is 0.576. The summed E-state index contributed by atoms with van der Waals surface area (Å²) in [7, 11) is 0. The van der Waals surface area contributed by atoms with Crippen LogP contribution in [0.15, 0.2) is 27.5 Å². The van der Waals surface area contributed by atoms with Gasteiger partial charge in [0, 0.05) is 27.1 Å². The SMILES string of the molecule is O=c1[nH]c(-c2cc(Br)ccc2Cl)nc2c1CSC2. The quantitative estimate of drug-likeness (QED) is 0.860. The van der Waals surface area contributed by atoms with E-state index >= 15 is 0 Å². The number of hydrogen-bond acceptors (Lipinski definition) is 3. The first-order valence-electron chi connectivity index (χ1n) is 5.30. The highest BCUT2D eigenvalue weighted by Crippen LogP contribution is 2.31. The molecule has 2 heterocycles. The van der Waals surface area contributed by atoms with Crippen LogP contribution in [0.1, 0.15) is 11.3 Å². The summed E-state index contributed by atoms with van der Waals surface area (Å²) < 4.78 is 0.902. The summed E-state index contributed by atoms with van der Waals surface area (Å²) in [6.07, 6.45) is 0. The zero-order valence-corrected chi connectivity index (χ0v) is 12.3. The van der Waals surface area contributed by atoms with Crippen molar-refractivity contribution in [3.8, 4) is 11.4 Å². The van der Waals surface area contributed by atoms with Gasteiger partial charge in [-0.1, -0.05) is 27.5 Å². The molecule has 0 radical (unpaired) electrons. The lowest BCUT2D eigenvalue weighted by Gasteiger charge is -2.06. The van der Waals surface area contributed by atoms with E-state index in [0.717, 1.165) is 32.8 Å². The van der Waals surface area contributed by atoms with E-state index in [0.29, 0.717) is 10.8 Å². The predicted octanol–water partition coefficient (Wildman–Crippen LogP) is 3.60. The number of benzene rings is 1. The Kier molecular flexibility index (Phi) is 3.21. The van der Waals surface area contributed by atoms with E-state index in [1.807, 2.05) is 12.1 Å². The number of aromatic amines is 1. The van der Waals surface area contributed by atoms with E-state index in [4.69, 9.17) is 11.6 Å². The molecule has 0 atom stereocenters. The molecule has 1 aromatic carbocycles. The monoisotopic (exact) mass is 342 g/mol. The van der Waals surface area contributed by atoms with E-state index < -0.39 is 0 Å². The Morgan fingerprint density at radius 2 is 2.22 bits per heavy atom. The molecule has 0 fully saturated rings. The molecule has 1 aromatic heterocycles. The van der Waals surface area contributed by atoms with Gasteiger partial charge in [0.1, 0.15) is 5.82 Å². The van der Waals surface area contributed by atoms with Gasteiger partial charge in [-0.05, 0) is 18.2 Å². The number of aromatic nitrogens is 2. The number of thioether (sulfide) groups is 1. The largest absolute Gasteiger partial charge is 0.306 e. The molecule has 0 saturated carbocycles. The van der Waals surface area contributed by atoms with Gasteiger partial charge in [0.05, 0.1) is 10.7 Å². The number of hydrogen-bond donors (Lipinski definition) is 1. The number of rotatable bonds is 1. The molecule has 0 saturated heterocycles. The Labute approximate surface area is 121 Å². The highest BCUT2D eigenvalue weighted by molar-refractivity contribution is 9.10. The molecule has 1 aliphatic heterocycles. The van der Waals surface area contributed by atoms with Crippen molar-refractivity contribution in [2.45, 2.75) is 11.5 Å². The van der Waals surface area contributed by atoms with E-state index in [2.05, 4.69) is 25.9 Å². The fraction of sp³-hybridized carbons (Fsp3) is 0.167. The molecular formula is C12H8BrClN2OS. The fourth-order valence-electron chi connectivity index (χ4n) is 1.87. The van der Waals surface area contributed by atoms with E-state index in [1.54, 1.807) is 17.8 Å². The van der Waals surface area contributed by atoms with Crippen molar-refractivity contribution in [3.63, 3.8) is 0 Å². The van der Waals surface area contributed by atoms with Crippen LogP contribution in [0.5, 0.6) is 0 Å². The summed E-state index contributed by atoms with van der Waals surface area (Å²) in [5.74, 6) is 2.06. The lowest BCUT2D eigenvalue weighted by atomic mass is 10.2. The smallest absolute Gasteiger partial charge is 0.255 e. The van der Waals surface area contributed by atoms with Crippen LogP contribution in [0.2, 0.25) is 5.02 Å². The van der Waals surface area contributed by atoms with Crippen LogP contribution in [0.3, 0.4) is 0 Å². The van der Waals surface area contributed by atoms with Crippen LogP contribution >= 0.6 is 39.3 Å². The predicted molar refractivity (Wildman–Crippen MR) is 78.0 cm³/mol. The van der Waals surface area contributed by atoms with Crippen LogP contribution in [0.4, 0.5) is 0 Å². The minimum absolute atomic E-state index is 0.0592. The van der Waals surface area contributed by atoms with Gasteiger partial charge in [0.2, 0.25) is 0 Å². The third kappa shape index (κ3) is 2.11. The van der Waals surface area contributed by atoms with Gasteiger partial charge in [0.15, 0.2) is 0 Å². The minimum atomic E-state index is -0.0592. The maximum Gasteiger partial charge on any atom is 0.255 e. The third-order valence-corrected chi connectivity index (χ3v) is 4.56. The lowest BCUT2D eigenvalue weighted by Crippen LogP contribution is -2.15. The lowest BCUT2D eigenvalue weighted by molar-refractivity contribution is 1.03. The van der Waals surface area contributed by atoms with Crippen LogP contribution in [-0.2, 0) is 11.5 Å². The molecule has 18 heavy (non-hydrogen) atoms. The summed E-state index contributed by atoms with van der Waals surface area (Å²) in [4.78, 5) is 19.2. The summed E-state index contributed by atoms with van der Waals surface area (Å²) in [6, 6.07) is 5.49. The zero-order chi connectivity index (χ0) is 12.7. The van der Waals surface area contributed by atoms with Crippen LogP contribution < -0.4 is 5.56 Å². The number of halogens is 2. The van der Waals surface area contributed by atoms with Gasteiger partial charge in [-0.25, -0.2) is 4.98 Å². The van der Waals surface area contributed by atoms with Crippen LogP contribution in [0, 0.1) is 0 Å². The van der Waals surface area contributed by atoms with Gasteiger partial charge in [-0.2, -0.15) is 11.8 Å². The van der Waals surface area contributed by atoms with Gasteiger partial charge >= 0.3 is 0 Å². The average molecular weight is 344 g/mol. The summed E-state index contributed by atoms with van der Waals surface area (Å²) >= 11 is 11.2. The van der Waals surface area contributed by atoms with E-state index in [-0.39, 0.29) is 5.56 Å². The fourth-order valence-corrected chi connectivity index (χ4v) is 3.47. The van der Waals surface area contributed by atoms with Gasteiger partial charge < -0.3 is 4.98 Å². The van der Waals surface area contributed by atoms with Crippen molar-refractivity contribution in [2.24, 2.45) is 0 Å². The second kappa shape index (κ2) is 4.72. The molecule has 1 aliphatic rings. The molecule has 0 spiro atoms. The number of nitrogens with zero attached hydrogens (tertiary/aromatic N) is 1. The van der Waals surface area contributed by atoms with Crippen molar-refractivity contribution in [3.05, 3.63) is 49.3 Å². The standard InChI is InChI=1S/C12H8BrClN2OS/c13-6-1-2-9(14)7(3-6)11-15-10-5-18-4-8(10)12(17)16-11/h1-3H,4-5H2,(H,15,16,17). The first kappa shape index (κ1) is 12.3. The Bertz CT molecular complexity index is 686. The maximum atomic E-state index is 11.9. The van der Waals surface area contributed by atoms with Crippen LogP contribution in [-0.4, -0.2) is 9.97 Å². The van der Waals surface area contributed by atoms with Crippen molar-refractivity contribution in [2.75, 3.05) is 0 Å². The molecule has 6 heteroatoms. The molecular weight excluding hydrogens is 336 g/mol. The molecule has 0 aliphatic carbocycles. The summed E-state index contributed by atoms with van der Waals surface area (Å²) in [6.45, 7) is 0. The highest BCUT2D eigenvalue weighted by atomic mass is 79.9. The number of nitrogens with one attached hydrogen (secondary N) is 1. The molecule has 1 N–H and O–H groups in total. The van der Waals surface area contributed by atoms with Crippen LogP contribution in [0.25, 0.3) is 11.4 Å². The summed E-state index contributed by atoms with van der Waals surface area (Å²) in [5.41, 5.74) is 2.34. The molecule has 3 rings (SSSR count). The molecule has 0 bridgehead atoms. The maximum absolute atomic E-state index is 11.9. The molecule has 0 unspecified atom stereocenters. The minimum Gasteiger partial charge on any atom is -0.306 e. The number of H-pyrrole nitrogens is 1. The first-order valence-corrected chi connectivity index (χ1v) is 7.63. The zero-order valence-electron chi connectivity index (χ0n) is 9.17. The van der Waals surface area contributed by atoms with E-state index in [9.17, 15) is 4.79 Å². The third-order valence-electron chi connectivity index (χ3n) is 2.77. The van der Waals surface area contributed by atoms with E-state index in [1.165, 1.54) is 0 Å². The average Bonchev–Trinajstić information content (AvgIpc) is 2.81. The Hall–Kier alpha value is -0.780. The normalized spacial score (nSPS) is 13.7. The van der Waals surface area contributed by atoms with Crippen molar-refractivity contribution < 1.29 is 0 Å². The first-order chi connectivity index (χ1) is 8.65. The Balaban J connectivity index is 2.21.